The molecule has 3 nitrogen and oxygen atoms in total. The van der Waals surface area contributed by atoms with Gasteiger partial charge in [-0.1, -0.05) is 12.1 Å². The minimum absolute atomic E-state index is 0.0244. The highest BCUT2D eigenvalue weighted by Crippen LogP contribution is 2.23. The van der Waals surface area contributed by atoms with Gasteiger partial charge in [-0.25, -0.2) is 0 Å². The number of carbonyl (C=O) groups is 1. The van der Waals surface area contributed by atoms with Crippen LogP contribution in [-0.4, -0.2) is 16.8 Å². The molecule has 0 saturated heterocycles. The van der Waals surface area contributed by atoms with Crippen LogP contribution in [0, 0.1) is 11.3 Å². The molecule has 0 bridgehead atoms. The van der Waals surface area contributed by atoms with Gasteiger partial charge < -0.3 is 4.90 Å². The van der Waals surface area contributed by atoms with E-state index in [0.717, 1.165) is 9.35 Å². The van der Waals surface area contributed by atoms with Crippen molar-refractivity contribution < 1.29 is 4.79 Å². The van der Waals surface area contributed by atoms with Crippen LogP contribution in [0.3, 0.4) is 0 Å². The fourth-order valence-electron chi connectivity index (χ4n) is 1.96. The molecule has 0 saturated carbocycles. The van der Waals surface area contributed by atoms with Crippen LogP contribution >= 0.6 is 27.3 Å². The largest absolute Gasteiger partial charge is 0.332 e. The molecule has 0 fully saturated rings. The molecule has 0 radical (unpaired) electrons. The molecule has 1 amide bonds. The number of nitrogens with zero attached hydrogens (tertiary/aromatic N) is 2. The van der Waals surface area contributed by atoms with Gasteiger partial charge in [0.15, 0.2) is 0 Å². The molecule has 5 heteroatoms. The van der Waals surface area contributed by atoms with Gasteiger partial charge in [0, 0.05) is 18.0 Å². The summed E-state index contributed by atoms with van der Waals surface area (Å²) in [5, 5.41) is 10.7. The molecule has 0 N–H and O–H groups in total. The third-order valence-electron chi connectivity index (χ3n) is 3.13. The first-order valence-electron chi connectivity index (χ1n) is 6.55. The van der Waals surface area contributed by atoms with Crippen LogP contribution in [0.15, 0.2) is 39.5 Å². The predicted molar refractivity (Wildman–Crippen MR) is 88.2 cm³/mol. The molecule has 0 spiro atoms. The standard InChI is InChI=1S/C16H15BrN2OS/c1-11(2)19(16(20)14-7-15(17)21-10-14)9-13-5-3-12(8-18)4-6-13/h3-7,10-11H,9H2,1-2H3. The van der Waals surface area contributed by atoms with E-state index in [2.05, 4.69) is 22.0 Å². The maximum absolute atomic E-state index is 12.6. The maximum Gasteiger partial charge on any atom is 0.255 e. The lowest BCUT2D eigenvalue weighted by atomic mass is 10.1. The quantitative estimate of drug-likeness (QED) is 0.807. The topological polar surface area (TPSA) is 44.1 Å². The van der Waals surface area contributed by atoms with E-state index in [1.54, 1.807) is 12.1 Å². The van der Waals surface area contributed by atoms with E-state index in [1.165, 1.54) is 11.3 Å². The number of nitriles is 1. The summed E-state index contributed by atoms with van der Waals surface area (Å²) in [7, 11) is 0. The van der Waals surface area contributed by atoms with E-state index >= 15 is 0 Å². The van der Waals surface area contributed by atoms with Crippen molar-refractivity contribution in [1.82, 2.24) is 4.90 Å². The summed E-state index contributed by atoms with van der Waals surface area (Å²) < 4.78 is 0.952. The van der Waals surface area contributed by atoms with E-state index in [0.29, 0.717) is 17.7 Å². The van der Waals surface area contributed by atoms with Gasteiger partial charge in [0.25, 0.3) is 5.91 Å². The van der Waals surface area contributed by atoms with E-state index in [-0.39, 0.29) is 11.9 Å². The van der Waals surface area contributed by atoms with Gasteiger partial charge in [-0.05, 0) is 53.5 Å². The Labute approximate surface area is 136 Å². The molecule has 1 aromatic carbocycles. The van der Waals surface area contributed by atoms with E-state index in [4.69, 9.17) is 5.26 Å². The van der Waals surface area contributed by atoms with E-state index < -0.39 is 0 Å². The molecule has 2 aromatic rings. The van der Waals surface area contributed by atoms with Gasteiger partial charge in [0.2, 0.25) is 0 Å². The summed E-state index contributed by atoms with van der Waals surface area (Å²) in [5.74, 6) is 0.0244. The van der Waals surface area contributed by atoms with E-state index in [1.807, 2.05) is 42.3 Å². The predicted octanol–water partition coefficient (Wildman–Crippen LogP) is 4.43. The SMILES string of the molecule is CC(C)N(Cc1ccc(C#N)cc1)C(=O)c1csc(Br)c1. The Bertz CT molecular complexity index is 670. The number of hydrogen-bond acceptors (Lipinski definition) is 3. The Morgan fingerprint density at radius 2 is 2.05 bits per heavy atom. The Morgan fingerprint density at radius 3 is 2.52 bits per heavy atom. The Morgan fingerprint density at radius 1 is 1.38 bits per heavy atom. The van der Waals surface area contributed by atoms with Gasteiger partial charge in [-0.3, -0.25) is 4.79 Å². The van der Waals surface area contributed by atoms with Crippen molar-refractivity contribution in [2.75, 3.05) is 0 Å². The molecule has 1 aromatic heterocycles. The summed E-state index contributed by atoms with van der Waals surface area (Å²) in [6, 6.07) is 11.4. The average Bonchev–Trinajstić information content (AvgIpc) is 2.91. The molecular formula is C16H15BrN2OS. The van der Waals surface area contributed by atoms with Gasteiger partial charge in [-0.15, -0.1) is 11.3 Å². The van der Waals surface area contributed by atoms with Crippen molar-refractivity contribution >= 4 is 33.2 Å². The molecule has 21 heavy (non-hydrogen) atoms. The van der Waals surface area contributed by atoms with Crippen molar-refractivity contribution in [2.45, 2.75) is 26.4 Å². The Balaban J connectivity index is 2.19. The molecule has 0 aliphatic carbocycles. The van der Waals surface area contributed by atoms with Crippen molar-refractivity contribution in [3.05, 3.63) is 56.2 Å². The minimum atomic E-state index is 0.0244. The average molecular weight is 363 g/mol. The van der Waals surface area contributed by atoms with Gasteiger partial charge in [0.05, 0.1) is 21.0 Å². The zero-order valence-corrected chi connectivity index (χ0v) is 14.2. The fourth-order valence-corrected chi connectivity index (χ4v) is 3.09. The van der Waals surface area contributed by atoms with Crippen molar-refractivity contribution in [3.63, 3.8) is 0 Å². The van der Waals surface area contributed by atoms with Crippen LogP contribution in [0.5, 0.6) is 0 Å². The van der Waals surface area contributed by atoms with Crippen molar-refractivity contribution in [2.24, 2.45) is 0 Å². The second-order valence-corrected chi connectivity index (χ2v) is 7.27. The molecule has 0 unspecified atom stereocenters. The van der Waals surface area contributed by atoms with Crippen LogP contribution in [0.4, 0.5) is 0 Å². The third kappa shape index (κ3) is 3.93. The van der Waals surface area contributed by atoms with Crippen molar-refractivity contribution in [3.8, 4) is 6.07 Å². The molecule has 0 aliphatic heterocycles. The second kappa shape index (κ2) is 6.88. The first-order valence-corrected chi connectivity index (χ1v) is 8.22. The monoisotopic (exact) mass is 362 g/mol. The first kappa shape index (κ1) is 15.7. The van der Waals surface area contributed by atoms with Gasteiger partial charge in [-0.2, -0.15) is 5.26 Å². The number of benzene rings is 1. The van der Waals surface area contributed by atoms with Crippen LogP contribution < -0.4 is 0 Å². The van der Waals surface area contributed by atoms with Crippen LogP contribution in [0.25, 0.3) is 0 Å². The summed E-state index contributed by atoms with van der Waals surface area (Å²) >= 11 is 4.89. The smallest absolute Gasteiger partial charge is 0.255 e. The molecule has 1 heterocycles. The highest BCUT2D eigenvalue weighted by atomic mass is 79.9. The summed E-state index contributed by atoms with van der Waals surface area (Å²) in [5.41, 5.74) is 2.35. The van der Waals surface area contributed by atoms with Crippen LogP contribution in [0.2, 0.25) is 0 Å². The number of thiophene rings is 1. The van der Waals surface area contributed by atoms with E-state index in [9.17, 15) is 4.79 Å². The molecular weight excluding hydrogens is 348 g/mol. The highest BCUT2D eigenvalue weighted by Gasteiger charge is 2.20. The zero-order valence-electron chi connectivity index (χ0n) is 11.8. The Kier molecular flexibility index (Phi) is 5.16. The molecule has 2 rings (SSSR count). The molecule has 0 aliphatic rings. The fraction of sp³-hybridized carbons (Fsp3) is 0.250. The van der Waals surface area contributed by atoms with Crippen LogP contribution in [0.1, 0.15) is 35.3 Å². The number of rotatable bonds is 4. The number of amides is 1. The lowest BCUT2D eigenvalue weighted by molar-refractivity contribution is 0.0691. The number of carbonyl (C=O) groups excluding carboxylic acids is 1. The zero-order chi connectivity index (χ0) is 15.4. The third-order valence-corrected chi connectivity index (χ3v) is 4.64. The Hall–Kier alpha value is -1.64. The van der Waals surface area contributed by atoms with Crippen molar-refractivity contribution in [1.29, 1.82) is 5.26 Å². The minimum Gasteiger partial charge on any atom is -0.332 e. The normalized spacial score (nSPS) is 10.4. The summed E-state index contributed by atoms with van der Waals surface area (Å²) in [4.78, 5) is 14.4. The number of halogens is 1. The van der Waals surface area contributed by atoms with Gasteiger partial charge >= 0.3 is 0 Å². The van der Waals surface area contributed by atoms with Gasteiger partial charge in [0.1, 0.15) is 0 Å². The summed E-state index contributed by atoms with van der Waals surface area (Å²) in [6.45, 7) is 4.54. The maximum atomic E-state index is 12.6. The number of hydrogen-bond donors (Lipinski definition) is 0. The van der Waals surface area contributed by atoms with Crippen LogP contribution in [-0.2, 0) is 6.54 Å². The highest BCUT2D eigenvalue weighted by molar-refractivity contribution is 9.11. The lowest BCUT2D eigenvalue weighted by Crippen LogP contribution is -2.36. The molecule has 0 atom stereocenters. The first-order chi connectivity index (χ1) is 10.0. The molecule has 108 valence electrons. The lowest BCUT2D eigenvalue weighted by Gasteiger charge is -2.26. The second-order valence-electron chi connectivity index (χ2n) is 4.98. The summed E-state index contributed by atoms with van der Waals surface area (Å²) in [6.07, 6.45) is 0.